The van der Waals surface area contributed by atoms with Crippen LogP contribution in [-0.2, 0) is 11.2 Å². The van der Waals surface area contributed by atoms with Gasteiger partial charge in [-0.3, -0.25) is 4.79 Å². The van der Waals surface area contributed by atoms with Crippen LogP contribution < -0.4 is 16.0 Å². The van der Waals surface area contributed by atoms with Crippen LogP contribution in [0.2, 0.25) is 0 Å². The van der Waals surface area contributed by atoms with E-state index in [1.807, 2.05) is 30.9 Å². The molecule has 1 aliphatic heterocycles. The third-order valence-corrected chi connectivity index (χ3v) is 3.56. The van der Waals surface area contributed by atoms with Crippen molar-refractivity contribution >= 4 is 17.3 Å². The van der Waals surface area contributed by atoms with E-state index < -0.39 is 5.54 Å². The van der Waals surface area contributed by atoms with E-state index in [4.69, 9.17) is 11.0 Å². The molecule has 1 amide bonds. The minimum absolute atomic E-state index is 0.0115. The lowest BCUT2D eigenvalue weighted by atomic mass is 9.97. The summed E-state index contributed by atoms with van der Waals surface area (Å²) in [6.45, 7) is 5.15. The van der Waals surface area contributed by atoms with Crippen molar-refractivity contribution in [3.63, 3.8) is 0 Å². The summed E-state index contributed by atoms with van der Waals surface area (Å²) < 4.78 is 0. The molecule has 0 aromatic heterocycles. The van der Waals surface area contributed by atoms with Gasteiger partial charge in [0.1, 0.15) is 5.54 Å². The van der Waals surface area contributed by atoms with Crippen LogP contribution in [0.15, 0.2) is 18.2 Å². The van der Waals surface area contributed by atoms with Crippen molar-refractivity contribution in [1.29, 1.82) is 5.26 Å². The van der Waals surface area contributed by atoms with Gasteiger partial charge in [-0.15, -0.1) is 0 Å². The molecular weight excluding hydrogens is 240 g/mol. The van der Waals surface area contributed by atoms with Crippen molar-refractivity contribution < 1.29 is 4.79 Å². The number of carbonyl (C=O) groups excluding carboxylic acids is 1. The van der Waals surface area contributed by atoms with Crippen LogP contribution >= 0.6 is 0 Å². The number of hydrogen-bond donors (Lipinski definition) is 2. The van der Waals surface area contributed by atoms with Crippen molar-refractivity contribution in [3.05, 3.63) is 23.8 Å². The quantitative estimate of drug-likeness (QED) is 0.777. The molecule has 1 aliphatic rings. The third-order valence-electron chi connectivity index (χ3n) is 3.56. The fourth-order valence-electron chi connectivity index (χ4n) is 2.35. The van der Waals surface area contributed by atoms with E-state index in [1.54, 1.807) is 6.07 Å². The number of piperazine rings is 1. The molecule has 2 rings (SSSR count). The fourth-order valence-corrected chi connectivity index (χ4v) is 2.35. The van der Waals surface area contributed by atoms with Gasteiger partial charge in [0.2, 0.25) is 5.91 Å². The topological polar surface area (TPSA) is 82.2 Å². The number of nitrogen functional groups attached to an aromatic ring is 1. The molecule has 1 aromatic rings. The Morgan fingerprint density at radius 1 is 1.53 bits per heavy atom. The van der Waals surface area contributed by atoms with Crippen LogP contribution in [-0.4, -0.2) is 24.5 Å². The summed E-state index contributed by atoms with van der Waals surface area (Å²) in [5.74, 6) is 0.0115. The first-order chi connectivity index (χ1) is 8.96. The second-order valence-electron chi connectivity index (χ2n) is 5.18. The number of nitrogens with two attached hydrogens (primary N) is 1. The number of benzene rings is 1. The first-order valence-corrected chi connectivity index (χ1v) is 6.28. The van der Waals surface area contributed by atoms with E-state index in [-0.39, 0.29) is 12.3 Å². The molecular formula is C14H18N4O. The van der Waals surface area contributed by atoms with Crippen molar-refractivity contribution in [3.8, 4) is 6.07 Å². The predicted molar refractivity (Wildman–Crippen MR) is 74.6 cm³/mol. The normalized spacial score (nSPS) is 17.7. The van der Waals surface area contributed by atoms with Gasteiger partial charge >= 0.3 is 0 Å². The molecule has 1 aromatic carbocycles. The average Bonchev–Trinajstić information content (AvgIpc) is 2.36. The zero-order valence-corrected chi connectivity index (χ0v) is 11.2. The number of nitriles is 1. The number of rotatable bonds is 2. The minimum Gasteiger partial charge on any atom is -0.398 e. The van der Waals surface area contributed by atoms with E-state index in [1.165, 1.54) is 0 Å². The Labute approximate surface area is 113 Å². The Balaban J connectivity index is 2.38. The van der Waals surface area contributed by atoms with Gasteiger partial charge in [-0.25, -0.2) is 0 Å². The van der Waals surface area contributed by atoms with Crippen molar-refractivity contribution in [2.75, 3.05) is 23.7 Å². The number of anilines is 2. The van der Waals surface area contributed by atoms with E-state index >= 15 is 0 Å². The summed E-state index contributed by atoms with van der Waals surface area (Å²) >= 11 is 0. The molecule has 100 valence electrons. The van der Waals surface area contributed by atoms with Gasteiger partial charge in [-0.05, 0) is 37.6 Å². The zero-order chi connectivity index (χ0) is 14.0. The SMILES string of the molecule is CC1(C)C(=O)NCCN1c1ccc(N)c(CC#N)c1. The summed E-state index contributed by atoms with van der Waals surface area (Å²) in [5, 5.41) is 11.7. The summed E-state index contributed by atoms with van der Waals surface area (Å²) in [5.41, 5.74) is 7.60. The first-order valence-electron chi connectivity index (χ1n) is 6.28. The smallest absolute Gasteiger partial charge is 0.245 e. The number of nitrogens with one attached hydrogen (secondary N) is 1. The van der Waals surface area contributed by atoms with Crippen LogP contribution in [0, 0.1) is 11.3 Å². The predicted octanol–water partition coefficient (Wildman–Crippen LogP) is 1.05. The van der Waals surface area contributed by atoms with E-state index in [0.717, 1.165) is 17.8 Å². The summed E-state index contributed by atoms with van der Waals surface area (Å²) in [7, 11) is 0. The maximum atomic E-state index is 11.9. The largest absolute Gasteiger partial charge is 0.398 e. The maximum Gasteiger partial charge on any atom is 0.245 e. The first kappa shape index (κ1) is 13.2. The van der Waals surface area contributed by atoms with Gasteiger partial charge in [0, 0.05) is 24.5 Å². The molecule has 0 unspecified atom stereocenters. The number of carbonyl (C=O) groups is 1. The van der Waals surface area contributed by atoms with Crippen LogP contribution in [0.1, 0.15) is 19.4 Å². The summed E-state index contributed by atoms with van der Waals surface area (Å²) in [6, 6.07) is 7.70. The molecule has 0 radical (unpaired) electrons. The number of amides is 1. The Morgan fingerprint density at radius 3 is 2.95 bits per heavy atom. The van der Waals surface area contributed by atoms with E-state index in [2.05, 4.69) is 11.4 Å². The Kier molecular flexibility index (Phi) is 3.34. The second kappa shape index (κ2) is 4.81. The molecule has 0 aliphatic carbocycles. The molecule has 3 N–H and O–H groups in total. The molecule has 5 heteroatoms. The number of nitrogens with zero attached hydrogens (tertiary/aromatic N) is 2. The van der Waals surface area contributed by atoms with Gasteiger partial charge in [0.05, 0.1) is 12.5 Å². The van der Waals surface area contributed by atoms with Gasteiger partial charge in [-0.1, -0.05) is 0 Å². The second-order valence-corrected chi connectivity index (χ2v) is 5.18. The van der Waals surface area contributed by atoms with E-state index in [0.29, 0.717) is 12.2 Å². The standard InChI is InChI=1S/C14H18N4O/c1-14(2)13(19)17-7-8-18(14)11-3-4-12(16)10(9-11)5-6-15/h3-4,9H,5,7-8,16H2,1-2H3,(H,17,19). The molecule has 5 nitrogen and oxygen atoms in total. The highest BCUT2D eigenvalue weighted by molar-refractivity contribution is 5.90. The monoisotopic (exact) mass is 258 g/mol. The Morgan fingerprint density at radius 2 is 2.26 bits per heavy atom. The zero-order valence-electron chi connectivity index (χ0n) is 11.2. The highest BCUT2D eigenvalue weighted by Gasteiger charge is 2.37. The molecule has 1 heterocycles. The van der Waals surface area contributed by atoms with Crippen LogP contribution in [0.5, 0.6) is 0 Å². The van der Waals surface area contributed by atoms with Crippen LogP contribution in [0.4, 0.5) is 11.4 Å². The summed E-state index contributed by atoms with van der Waals surface area (Å²) in [4.78, 5) is 14.0. The van der Waals surface area contributed by atoms with Gasteiger partial charge in [0.15, 0.2) is 0 Å². The molecule has 0 bridgehead atoms. The molecule has 0 saturated carbocycles. The Bertz CT molecular complexity index is 545. The lowest BCUT2D eigenvalue weighted by Crippen LogP contribution is -2.62. The molecule has 0 spiro atoms. The lowest BCUT2D eigenvalue weighted by Gasteiger charge is -2.43. The van der Waals surface area contributed by atoms with Gasteiger partial charge in [0.25, 0.3) is 0 Å². The van der Waals surface area contributed by atoms with Gasteiger partial charge < -0.3 is 16.0 Å². The van der Waals surface area contributed by atoms with E-state index in [9.17, 15) is 4.79 Å². The van der Waals surface area contributed by atoms with Crippen LogP contribution in [0.25, 0.3) is 0 Å². The highest BCUT2D eigenvalue weighted by atomic mass is 16.2. The van der Waals surface area contributed by atoms with Crippen molar-refractivity contribution in [2.45, 2.75) is 25.8 Å². The lowest BCUT2D eigenvalue weighted by molar-refractivity contribution is -0.126. The molecule has 1 saturated heterocycles. The average molecular weight is 258 g/mol. The van der Waals surface area contributed by atoms with Crippen molar-refractivity contribution in [1.82, 2.24) is 5.32 Å². The van der Waals surface area contributed by atoms with Crippen molar-refractivity contribution in [2.24, 2.45) is 0 Å². The highest BCUT2D eigenvalue weighted by Crippen LogP contribution is 2.28. The molecule has 0 atom stereocenters. The van der Waals surface area contributed by atoms with Gasteiger partial charge in [-0.2, -0.15) is 5.26 Å². The maximum absolute atomic E-state index is 11.9. The number of hydrogen-bond acceptors (Lipinski definition) is 4. The molecule has 19 heavy (non-hydrogen) atoms. The molecule has 1 fully saturated rings. The summed E-state index contributed by atoms with van der Waals surface area (Å²) in [6.07, 6.45) is 0.278. The third kappa shape index (κ3) is 2.34. The fraction of sp³-hybridized carbons (Fsp3) is 0.429. The van der Waals surface area contributed by atoms with Crippen LogP contribution in [0.3, 0.4) is 0 Å². The minimum atomic E-state index is -0.599. The Hall–Kier alpha value is -2.22.